The molecular formula is C22H23F2N3O3. The molecule has 158 valence electrons. The van der Waals surface area contributed by atoms with Gasteiger partial charge in [-0.1, -0.05) is 6.07 Å². The molecule has 0 spiro atoms. The van der Waals surface area contributed by atoms with Gasteiger partial charge in [-0.2, -0.15) is 0 Å². The number of amides is 3. The molecule has 3 rings (SSSR count). The number of benzene rings is 2. The summed E-state index contributed by atoms with van der Waals surface area (Å²) >= 11 is 0. The summed E-state index contributed by atoms with van der Waals surface area (Å²) in [5.74, 6) is -2.79. The number of hydrogen-bond donors (Lipinski definition) is 3. The highest BCUT2D eigenvalue weighted by atomic mass is 19.1. The summed E-state index contributed by atoms with van der Waals surface area (Å²) in [6.07, 6.45) is 2.45. The zero-order chi connectivity index (χ0) is 21.7. The molecule has 0 saturated heterocycles. The molecule has 3 N–H and O–H groups in total. The summed E-state index contributed by atoms with van der Waals surface area (Å²) in [6, 6.07) is 8.10. The molecule has 3 amide bonds. The van der Waals surface area contributed by atoms with Gasteiger partial charge >= 0.3 is 0 Å². The van der Waals surface area contributed by atoms with Crippen LogP contribution in [0.15, 0.2) is 36.4 Å². The molecule has 0 heterocycles. The van der Waals surface area contributed by atoms with E-state index < -0.39 is 17.5 Å². The van der Waals surface area contributed by atoms with E-state index >= 15 is 0 Å². The van der Waals surface area contributed by atoms with Crippen LogP contribution < -0.4 is 16.0 Å². The van der Waals surface area contributed by atoms with Crippen molar-refractivity contribution in [3.63, 3.8) is 0 Å². The lowest BCUT2D eigenvalue weighted by molar-refractivity contribution is -0.116. The predicted molar refractivity (Wildman–Crippen MR) is 108 cm³/mol. The minimum atomic E-state index is -0.939. The van der Waals surface area contributed by atoms with Crippen molar-refractivity contribution >= 4 is 23.4 Å². The zero-order valence-electron chi connectivity index (χ0n) is 16.6. The first kappa shape index (κ1) is 21.4. The third-order valence-electron chi connectivity index (χ3n) is 4.73. The summed E-state index contributed by atoms with van der Waals surface area (Å²) in [4.78, 5) is 36.3. The van der Waals surface area contributed by atoms with E-state index in [2.05, 4.69) is 16.0 Å². The van der Waals surface area contributed by atoms with Crippen molar-refractivity contribution in [3.8, 4) is 0 Å². The largest absolute Gasteiger partial charge is 0.352 e. The Labute approximate surface area is 173 Å². The minimum Gasteiger partial charge on any atom is -0.352 e. The Kier molecular flexibility index (Phi) is 6.76. The van der Waals surface area contributed by atoms with Crippen LogP contribution in [0.2, 0.25) is 0 Å². The van der Waals surface area contributed by atoms with Gasteiger partial charge in [0.25, 0.3) is 11.8 Å². The van der Waals surface area contributed by atoms with Gasteiger partial charge in [-0.15, -0.1) is 0 Å². The second kappa shape index (κ2) is 9.47. The first-order valence-corrected chi connectivity index (χ1v) is 9.78. The second-order valence-electron chi connectivity index (χ2n) is 7.31. The molecule has 1 saturated carbocycles. The van der Waals surface area contributed by atoms with Gasteiger partial charge in [0.2, 0.25) is 5.91 Å². The first-order chi connectivity index (χ1) is 14.3. The SMILES string of the molecule is Cc1ccc(C(=O)NC2CC2)cc1NC(=O)CCCNC(=O)c1ccc(F)cc1F. The van der Waals surface area contributed by atoms with Gasteiger partial charge < -0.3 is 16.0 Å². The summed E-state index contributed by atoms with van der Waals surface area (Å²) in [5.41, 5.74) is 1.61. The van der Waals surface area contributed by atoms with E-state index in [0.29, 0.717) is 23.7 Å². The molecule has 0 aromatic heterocycles. The lowest BCUT2D eigenvalue weighted by atomic mass is 10.1. The van der Waals surface area contributed by atoms with E-state index in [-0.39, 0.29) is 36.4 Å². The van der Waals surface area contributed by atoms with Crippen LogP contribution in [0.1, 0.15) is 52.0 Å². The molecule has 2 aromatic carbocycles. The van der Waals surface area contributed by atoms with Crippen molar-refractivity contribution in [1.29, 1.82) is 0 Å². The number of aryl methyl sites for hydroxylation is 1. The van der Waals surface area contributed by atoms with E-state index in [1.165, 1.54) is 0 Å². The van der Waals surface area contributed by atoms with Crippen LogP contribution in [-0.2, 0) is 4.79 Å². The fourth-order valence-electron chi connectivity index (χ4n) is 2.83. The zero-order valence-corrected chi connectivity index (χ0v) is 16.6. The first-order valence-electron chi connectivity index (χ1n) is 9.78. The van der Waals surface area contributed by atoms with Gasteiger partial charge in [0, 0.05) is 36.3 Å². The smallest absolute Gasteiger partial charge is 0.254 e. The maximum absolute atomic E-state index is 13.6. The van der Waals surface area contributed by atoms with E-state index in [1.807, 2.05) is 6.92 Å². The van der Waals surface area contributed by atoms with Crippen LogP contribution in [0.25, 0.3) is 0 Å². The number of carbonyl (C=O) groups is 3. The number of rotatable bonds is 8. The van der Waals surface area contributed by atoms with Gasteiger partial charge in [-0.3, -0.25) is 14.4 Å². The highest BCUT2D eigenvalue weighted by Crippen LogP contribution is 2.21. The lowest BCUT2D eigenvalue weighted by Gasteiger charge is -2.11. The maximum Gasteiger partial charge on any atom is 0.254 e. The average molecular weight is 415 g/mol. The molecule has 0 aliphatic heterocycles. The van der Waals surface area contributed by atoms with E-state index in [0.717, 1.165) is 30.5 Å². The highest BCUT2D eigenvalue weighted by molar-refractivity contribution is 5.98. The van der Waals surface area contributed by atoms with Gasteiger partial charge in [0.05, 0.1) is 5.56 Å². The third-order valence-corrected chi connectivity index (χ3v) is 4.73. The monoisotopic (exact) mass is 415 g/mol. The molecule has 30 heavy (non-hydrogen) atoms. The fraction of sp³-hybridized carbons (Fsp3) is 0.318. The van der Waals surface area contributed by atoms with Crippen molar-refractivity contribution in [1.82, 2.24) is 10.6 Å². The summed E-state index contributed by atoms with van der Waals surface area (Å²) in [7, 11) is 0. The number of nitrogens with one attached hydrogen (secondary N) is 3. The molecule has 0 bridgehead atoms. The molecule has 0 atom stereocenters. The third kappa shape index (κ3) is 5.85. The Morgan fingerprint density at radius 1 is 1.03 bits per heavy atom. The van der Waals surface area contributed by atoms with Crippen molar-refractivity contribution in [2.24, 2.45) is 0 Å². The molecule has 1 aliphatic carbocycles. The molecule has 6 nitrogen and oxygen atoms in total. The van der Waals surface area contributed by atoms with Crippen LogP contribution in [0.5, 0.6) is 0 Å². The molecule has 1 aliphatic rings. The van der Waals surface area contributed by atoms with Gasteiger partial charge in [0.1, 0.15) is 11.6 Å². The molecule has 0 radical (unpaired) electrons. The van der Waals surface area contributed by atoms with Crippen LogP contribution in [-0.4, -0.2) is 30.3 Å². The Morgan fingerprint density at radius 3 is 2.50 bits per heavy atom. The average Bonchev–Trinajstić information content (AvgIpc) is 3.50. The Morgan fingerprint density at radius 2 is 1.80 bits per heavy atom. The fourth-order valence-corrected chi connectivity index (χ4v) is 2.83. The Balaban J connectivity index is 1.46. The predicted octanol–water partition coefficient (Wildman–Crippen LogP) is 3.31. The van der Waals surface area contributed by atoms with Crippen molar-refractivity contribution in [3.05, 3.63) is 64.7 Å². The number of carbonyl (C=O) groups excluding carboxylic acids is 3. The van der Waals surface area contributed by atoms with Crippen LogP contribution in [0.3, 0.4) is 0 Å². The quantitative estimate of drug-likeness (QED) is 0.578. The van der Waals surface area contributed by atoms with Crippen molar-refractivity contribution < 1.29 is 23.2 Å². The van der Waals surface area contributed by atoms with Gasteiger partial charge in [0.15, 0.2) is 0 Å². The van der Waals surface area contributed by atoms with E-state index in [1.54, 1.807) is 18.2 Å². The van der Waals surface area contributed by atoms with Crippen LogP contribution in [0.4, 0.5) is 14.5 Å². The van der Waals surface area contributed by atoms with Crippen molar-refractivity contribution in [2.45, 2.75) is 38.6 Å². The van der Waals surface area contributed by atoms with Crippen LogP contribution >= 0.6 is 0 Å². The maximum atomic E-state index is 13.6. The number of hydrogen-bond acceptors (Lipinski definition) is 3. The Hall–Kier alpha value is -3.29. The van der Waals surface area contributed by atoms with Crippen molar-refractivity contribution in [2.75, 3.05) is 11.9 Å². The molecule has 1 fully saturated rings. The number of anilines is 1. The Bertz CT molecular complexity index is 974. The standard InChI is InChI=1S/C22H23F2N3O3/c1-13-4-5-14(21(29)26-16-7-8-16)11-19(13)27-20(28)3-2-10-25-22(30)17-9-6-15(23)12-18(17)24/h4-6,9,11-12,16H,2-3,7-8,10H2,1H3,(H,25,30)(H,26,29)(H,27,28). The van der Waals surface area contributed by atoms with Gasteiger partial charge in [-0.25, -0.2) is 8.78 Å². The van der Waals surface area contributed by atoms with Gasteiger partial charge in [-0.05, 0) is 56.0 Å². The normalized spacial score (nSPS) is 12.9. The van der Waals surface area contributed by atoms with E-state index in [9.17, 15) is 23.2 Å². The second-order valence-corrected chi connectivity index (χ2v) is 7.31. The minimum absolute atomic E-state index is 0.129. The van der Waals surface area contributed by atoms with Crippen LogP contribution in [0, 0.1) is 18.6 Å². The topological polar surface area (TPSA) is 87.3 Å². The summed E-state index contributed by atoms with van der Waals surface area (Å²) in [5, 5.41) is 8.18. The lowest BCUT2D eigenvalue weighted by Crippen LogP contribution is -2.26. The summed E-state index contributed by atoms with van der Waals surface area (Å²) in [6.45, 7) is 1.99. The molecule has 0 unspecified atom stereocenters. The summed E-state index contributed by atoms with van der Waals surface area (Å²) < 4.78 is 26.5. The molecule has 2 aromatic rings. The highest BCUT2D eigenvalue weighted by Gasteiger charge is 2.24. The van der Waals surface area contributed by atoms with E-state index in [4.69, 9.17) is 0 Å². The molecule has 8 heteroatoms. The number of halogens is 2. The molecular weight excluding hydrogens is 392 g/mol.